The van der Waals surface area contributed by atoms with Crippen molar-refractivity contribution in [3.05, 3.63) is 39.9 Å². The van der Waals surface area contributed by atoms with E-state index in [-0.39, 0.29) is 23.7 Å². The third-order valence-electron chi connectivity index (χ3n) is 10.2. The molecule has 0 unspecified atom stereocenters. The molecule has 10 heteroatoms. The first-order valence-electron chi connectivity index (χ1n) is 15.8. The van der Waals surface area contributed by atoms with Crippen LogP contribution in [0.3, 0.4) is 0 Å². The molecule has 2 aromatic rings. The predicted octanol–water partition coefficient (Wildman–Crippen LogP) is 5.83. The zero-order chi connectivity index (χ0) is 29.5. The van der Waals surface area contributed by atoms with Crippen LogP contribution in [0, 0.1) is 17.8 Å². The van der Waals surface area contributed by atoms with Crippen LogP contribution < -0.4 is 16.2 Å². The second-order valence-electron chi connectivity index (χ2n) is 13.4. The van der Waals surface area contributed by atoms with E-state index >= 15 is 0 Å². The molecule has 4 bridgehead atoms. The third-order valence-corrected chi connectivity index (χ3v) is 10.2. The standard InChI is InChI=1S/C32H41F3N4O3/c33-32(34,35)30-37-24-10-7-9-23(27(24)29(42)39(30)25-11-12-26(40)38-28(25)41)8-5-3-1-2-4-6-13-36-31-17-20-14-21(18-31)16-22(15-20)19-31/h7,9-10,20-22,25,36H,1-6,8,11-19H2,(H,38,40,41)/t20?,21?,22?,25-,31?/m1/s1. The second-order valence-corrected chi connectivity index (χ2v) is 13.4. The first-order valence-corrected chi connectivity index (χ1v) is 15.8. The van der Waals surface area contributed by atoms with Crippen molar-refractivity contribution in [2.24, 2.45) is 17.8 Å². The summed E-state index contributed by atoms with van der Waals surface area (Å²) in [6.07, 6.45) is 10.1. The van der Waals surface area contributed by atoms with Gasteiger partial charge in [0.1, 0.15) is 6.04 Å². The number of hydrogen-bond donors (Lipinski definition) is 2. The van der Waals surface area contributed by atoms with Crippen LogP contribution in [-0.2, 0) is 22.2 Å². The van der Waals surface area contributed by atoms with Gasteiger partial charge in [-0.3, -0.25) is 24.3 Å². The van der Waals surface area contributed by atoms with Crippen LogP contribution >= 0.6 is 0 Å². The molecule has 2 heterocycles. The number of fused-ring (bicyclic) bond motifs is 1. The molecule has 42 heavy (non-hydrogen) atoms. The number of aryl methyl sites for hydroxylation is 1. The number of alkyl halides is 3. The molecule has 2 amide bonds. The van der Waals surface area contributed by atoms with Gasteiger partial charge in [0.15, 0.2) is 0 Å². The molecule has 1 aromatic carbocycles. The highest BCUT2D eigenvalue weighted by Gasteiger charge is 2.50. The van der Waals surface area contributed by atoms with Gasteiger partial charge in [0.25, 0.3) is 5.56 Å². The van der Waals surface area contributed by atoms with E-state index in [1.165, 1.54) is 57.4 Å². The van der Waals surface area contributed by atoms with Crippen molar-refractivity contribution in [3.63, 3.8) is 0 Å². The largest absolute Gasteiger partial charge is 0.449 e. The fraction of sp³-hybridized carbons (Fsp3) is 0.688. The molecule has 1 saturated heterocycles. The van der Waals surface area contributed by atoms with E-state index in [0.29, 0.717) is 22.1 Å². The van der Waals surface area contributed by atoms with E-state index < -0.39 is 35.4 Å². The van der Waals surface area contributed by atoms with Gasteiger partial charge in [0, 0.05) is 12.0 Å². The molecule has 4 saturated carbocycles. The Morgan fingerprint density at radius 2 is 1.57 bits per heavy atom. The van der Waals surface area contributed by atoms with Crippen LogP contribution in [0.15, 0.2) is 23.0 Å². The molecular formula is C32H41F3N4O3. The highest BCUT2D eigenvalue weighted by molar-refractivity contribution is 5.99. The number of amides is 2. The number of hydrogen-bond acceptors (Lipinski definition) is 5. The average molecular weight is 587 g/mol. The number of halogens is 3. The molecule has 1 atom stereocenters. The molecule has 1 aliphatic heterocycles. The zero-order valence-corrected chi connectivity index (χ0v) is 24.1. The minimum absolute atomic E-state index is 0.0279. The normalized spacial score (nSPS) is 28.9. The zero-order valence-electron chi connectivity index (χ0n) is 24.1. The van der Waals surface area contributed by atoms with Crippen LogP contribution in [0.2, 0.25) is 0 Å². The molecule has 7 nitrogen and oxygen atoms in total. The highest BCUT2D eigenvalue weighted by atomic mass is 19.4. The summed E-state index contributed by atoms with van der Waals surface area (Å²) in [5, 5.41) is 6.14. The fourth-order valence-electron chi connectivity index (χ4n) is 8.77. The fourth-order valence-corrected chi connectivity index (χ4v) is 8.77. The average Bonchev–Trinajstić information content (AvgIpc) is 2.91. The van der Waals surface area contributed by atoms with Gasteiger partial charge >= 0.3 is 6.18 Å². The van der Waals surface area contributed by atoms with Crippen molar-refractivity contribution in [2.45, 2.75) is 114 Å². The Labute approximate surface area is 244 Å². The predicted molar refractivity (Wildman–Crippen MR) is 153 cm³/mol. The maximum absolute atomic E-state index is 14.0. The summed E-state index contributed by atoms with van der Waals surface area (Å²) in [4.78, 5) is 41.4. The molecule has 7 rings (SSSR count). The van der Waals surface area contributed by atoms with E-state index in [0.717, 1.165) is 50.0 Å². The van der Waals surface area contributed by atoms with E-state index in [2.05, 4.69) is 15.6 Å². The monoisotopic (exact) mass is 586 g/mol. The Kier molecular flexibility index (Phi) is 8.19. The van der Waals surface area contributed by atoms with Crippen molar-refractivity contribution in [1.82, 2.24) is 20.2 Å². The Hall–Kier alpha value is -2.75. The molecule has 5 fully saturated rings. The number of nitrogens with zero attached hydrogens (tertiary/aromatic N) is 2. The summed E-state index contributed by atoms with van der Waals surface area (Å²) in [6, 6.07) is 3.34. The van der Waals surface area contributed by atoms with Gasteiger partial charge in [-0.25, -0.2) is 4.98 Å². The Bertz CT molecular complexity index is 1370. The van der Waals surface area contributed by atoms with Crippen molar-refractivity contribution >= 4 is 22.7 Å². The maximum Gasteiger partial charge on any atom is 0.449 e. The van der Waals surface area contributed by atoms with Crippen LogP contribution in [0.5, 0.6) is 0 Å². The number of carbonyl (C=O) groups is 2. The van der Waals surface area contributed by atoms with Gasteiger partial charge in [-0.1, -0.05) is 37.8 Å². The van der Waals surface area contributed by atoms with Crippen molar-refractivity contribution < 1.29 is 22.8 Å². The van der Waals surface area contributed by atoms with Gasteiger partial charge in [0.2, 0.25) is 17.6 Å². The SMILES string of the molecule is O=C1CC[C@@H](n2c(C(F)(F)F)nc3cccc(CCCCCCCCNC45CC6CC(CC(C6)C4)C5)c3c2=O)C(=O)N1. The summed E-state index contributed by atoms with van der Waals surface area (Å²) in [6.45, 7) is 1.09. The van der Waals surface area contributed by atoms with Gasteiger partial charge in [-0.05, 0) is 100 Å². The smallest absolute Gasteiger partial charge is 0.311 e. The molecule has 0 spiro atoms. The number of nitrogens with one attached hydrogen (secondary N) is 2. The molecule has 1 aromatic heterocycles. The Morgan fingerprint density at radius 3 is 2.21 bits per heavy atom. The first-order chi connectivity index (χ1) is 20.1. The minimum atomic E-state index is -4.93. The molecule has 0 radical (unpaired) electrons. The first kappa shape index (κ1) is 29.3. The summed E-state index contributed by atoms with van der Waals surface area (Å²) < 4.78 is 42.3. The third kappa shape index (κ3) is 6.01. The van der Waals surface area contributed by atoms with Crippen LogP contribution in [-0.4, -0.2) is 33.4 Å². The molecular weight excluding hydrogens is 545 g/mol. The van der Waals surface area contributed by atoms with Crippen molar-refractivity contribution in [1.29, 1.82) is 0 Å². The van der Waals surface area contributed by atoms with E-state index in [9.17, 15) is 27.6 Å². The number of benzene rings is 1. The van der Waals surface area contributed by atoms with E-state index in [4.69, 9.17) is 0 Å². The Morgan fingerprint density at radius 1 is 0.929 bits per heavy atom. The van der Waals surface area contributed by atoms with Gasteiger partial charge < -0.3 is 5.32 Å². The topological polar surface area (TPSA) is 93.1 Å². The number of imide groups is 1. The lowest BCUT2D eigenvalue weighted by Gasteiger charge is -2.57. The summed E-state index contributed by atoms with van der Waals surface area (Å²) >= 11 is 0. The Balaban J connectivity index is 1.03. The van der Waals surface area contributed by atoms with Crippen LogP contribution in [0.4, 0.5) is 13.2 Å². The lowest BCUT2D eigenvalue weighted by Crippen LogP contribution is -2.58. The van der Waals surface area contributed by atoms with Crippen LogP contribution in [0.1, 0.15) is 107 Å². The van der Waals surface area contributed by atoms with E-state index in [1.807, 2.05) is 0 Å². The molecule has 228 valence electrons. The second kappa shape index (κ2) is 11.7. The van der Waals surface area contributed by atoms with Crippen molar-refractivity contribution in [2.75, 3.05) is 6.54 Å². The highest BCUT2D eigenvalue weighted by Crippen LogP contribution is 2.55. The summed E-state index contributed by atoms with van der Waals surface area (Å²) in [5.41, 5.74) is 0.142. The minimum Gasteiger partial charge on any atom is -0.311 e. The molecule has 4 aliphatic carbocycles. The number of unbranched alkanes of at least 4 members (excludes halogenated alkanes) is 5. The van der Waals surface area contributed by atoms with Crippen molar-refractivity contribution in [3.8, 4) is 0 Å². The number of aromatic nitrogens is 2. The van der Waals surface area contributed by atoms with Gasteiger partial charge in [-0.2, -0.15) is 13.2 Å². The van der Waals surface area contributed by atoms with E-state index in [1.54, 1.807) is 12.1 Å². The summed E-state index contributed by atoms with van der Waals surface area (Å²) in [5.74, 6) is -0.0316. The van der Waals surface area contributed by atoms with Crippen LogP contribution in [0.25, 0.3) is 10.9 Å². The van der Waals surface area contributed by atoms with Gasteiger partial charge in [0.05, 0.1) is 10.9 Å². The number of piperidine rings is 1. The number of rotatable bonds is 11. The summed E-state index contributed by atoms with van der Waals surface area (Å²) in [7, 11) is 0. The lowest BCUT2D eigenvalue weighted by molar-refractivity contribution is -0.150. The molecule has 2 N–H and O–H groups in total. The quantitative estimate of drug-likeness (QED) is 0.255. The lowest BCUT2D eigenvalue weighted by atomic mass is 9.53. The maximum atomic E-state index is 14.0. The number of carbonyl (C=O) groups excluding carboxylic acids is 2. The molecule has 5 aliphatic rings. The van der Waals surface area contributed by atoms with Gasteiger partial charge in [-0.15, -0.1) is 0 Å².